The number of aromatic amines is 1. The van der Waals surface area contributed by atoms with E-state index in [-0.39, 0.29) is 6.42 Å². The zero-order valence-electron chi connectivity index (χ0n) is 21.0. The van der Waals surface area contributed by atoms with Crippen LogP contribution in [0.1, 0.15) is 38.7 Å². The van der Waals surface area contributed by atoms with Gasteiger partial charge in [0.2, 0.25) is 0 Å². The van der Waals surface area contributed by atoms with Crippen LogP contribution in [0.4, 0.5) is 5.82 Å². The minimum absolute atomic E-state index is 0.0365. The highest BCUT2D eigenvalue weighted by Gasteiger charge is 2.34. The molecule has 1 aliphatic heterocycles. The van der Waals surface area contributed by atoms with E-state index in [1.807, 2.05) is 60.5 Å². The number of H-pyrrole nitrogens is 1. The van der Waals surface area contributed by atoms with Crippen molar-refractivity contribution in [3.63, 3.8) is 0 Å². The van der Waals surface area contributed by atoms with E-state index in [0.29, 0.717) is 32.7 Å². The van der Waals surface area contributed by atoms with Crippen LogP contribution >= 0.6 is 22.6 Å². The van der Waals surface area contributed by atoms with Crippen LogP contribution in [0, 0.1) is 5.92 Å². The Labute approximate surface area is 227 Å². The molecule has 3 rings (SSSR count). The zero-order chi connectivity index (χ0) is 26.1. The van der Waals surface area contributed by atoms with Crippen LogP contribution < -0.4 is 19.7 Å². The molecule has 0 spiro atoms. The minimum atomic E-state index is -1.84. The summed E-state index contributed by atoms with van der Waals surface area (Å²) in [4.78, 5) is 19.8. The lowest BCUT2D eigenvalue weighted by Gasteiger charge is -2.40. The topological polar surface area (TPSA) is 99.4 Å². The Balaban J connectivity index is 1.63. The van der Waals surface area contributed by atoms with E-state index in [4.69, 9.17) is 9.47 Å². The number of anilines is 1. The molecule has 36 heavy (non-hydrogen) atoms. The average molecular weight is 610 g/mol. The van der Waals surface area contributed by atoms with Crippen LogP contribution in [0.3, 0.4) is 0 Å². The number of aliphatic hydroxyl groups excluding tert-OH is 1. The van der Waals surface area contributed by atoms with Crippen LogP contribution in [-0.2, 0) is 16.0 Å². The van der Waals surface area contributed by atoms with Crippen molar-refractivity contribution in [3.8, 4) is 5.75 Å². The third-order valence-corrected chi connectivity index (χ3v) is 6.38. The molecule has 1 aromatic heterocycles. The van der Waals surface area contributed by atoms with E-state index in [0.717, 1.165) is 35.7 Å². The third kappa shape index (κ3) is 8.63. The van der Waals surface area contributed by atoms with Crippen molar-refractivity contribution >= 4 is 34.4 Å². The SMILES string of the molecule is C=C1CN(c2cccc[nH+]2)CCN1C(O)[C@@H](CCCc1ccc(OCC)cc1)CC(=O)OC(C)([O-])I. The van der Waals surface area contributed by atoms with Gasteiger partial charge in [-0.15, -0.1) is 0 Å². The molecule has 196 valence electrons. The quantitative estimate of drug-likeness (QED) is 0.171. The summed E-state index contributed by atoms with van der Waals surface area (Å²) in [5.41, 5.74) is 1.93. The largest absolute Gasteiger partial charge is 0.811 e. The molecular formula is C27H36IN3O5. The Morgan fingerprint density at radius 2 is 2.03 bits per heavy atom. The molecule has 0 saturated carbocycles. The highest BCUT2D eigenvalue weighted by molar-refractivity contribution is 14.1. The summed E-state index contributed by atoms with van der Waals surface area (Å²) in [6.45, 7) is 9.90. The molecule has 0 amide bonds. The van der Waals surface area contributed by atoms with Crippen molar-refractivity contribution in [2.24, 2.45) is 5.92 Å². The molecule has 1 aliphatic rings. The molecule has 2 heterocycles. The highest BCUT2D eigenvalue weighted by atomic mass is 127. The number of halogens is 1. The maximum Gasteiger partial charge on any atom is 0.306 e. The van der Waals surface area contributed by atoms with Crippen molar-refractivity contribution in [3.05, 3.63) is 66.5 Å². The third-order valence-electron chi connectivity index (χ3n) is 6.16. The van der Waals surface area contributed by atoms with Gasteiger partial charge in [0.1, 0.15) is 25.1 Å². The first-order chi connectivity index (χ1) is 17.2. The molecule has 2 N–H and O–H groups in total. The maximum absolute atomic E-state index is 12.5. The monoisotopic (exact) mass is 609 g/mol. The van der Waals surface area contributed by atoms with Crippen molar-refractivity contribution < 1.29 is 29.5 Å². The van der Waals surface area contributed by atoms with Gasteiger partial charge in [0, 0.05) is 12.0 Å². The van der Waals surface area contributed by atoms with Crippen molar-refractivity contribution in [2.45, 2.75) is 49.6 Å². The van der Waals surface area contributed by atoms with E-state index in [1.54, 1.807) is 22.6 Å². The van der Waals surface area contributed by atoms with Gasteiger partial charge in [0.15, 0.2) is 0 Å². The molecule has 0 radical (unpaired) electrons. The second kappa shape index (κ2) is 13.3. The van der Waals surface area contributed by atoms with Gasteiger partial charge < -0.3 is 24.6 Å². The molecule has 0 aliphatic carbocycles. The predicted molar refractivity (Wildman–Crippen MR) is 144 cm³/mol. The molecular weight excluding hydrogens is 573 g/mol. The number of carbonyl (C=O) groups excluding carboxylic acids is 1. The Morgan fingerprint density at radius 1 is 1.28 bits per heavy atom. The van der Waals surface area contributed by atoms with Crippen LogP contribution in [0.15, 0.2) is 60.9 Å². The van der Waals surface area contributed by atoms with E-state index >= 15 is 0 Å². The number of benzene rings is 1. The van der Waals surface area contributed by atoms with Gasteiger partial charge in [-0.3, -0.25) is 9.69 Å². The summed E-state index contributed by atoms with van der Waals surface area (Å²) in [5, 5.41) is 23.2. The molecule has 1 saturated heterocycles. The molecule has 2 unspecified atom stereocenters. The molecule has 9 heteroatoms. The summed E-state index contributed by atoms with van der Waals surface area (Å²) in [7, 11) is 0. The number of ether oxygens (including phenoxy) is 2. The van der Waals surface area contributed by atoms with Gasteiger partial charge in [-0.25, -0.2) is 4.98 Å². The Morgan fingerprint density at radius 3 is 2.64 bits per heavy atom. The number of nitrogens with one attached hydrogen (secondary N) is 1. The fraction of sp³-hybridized carbons (Fsp3) is 0.481. The Kier molecular flexibility index (Phi) is 10.4. The number of aryl methyl sites for hydroxylation is 1. The first-order valence-electron chi connectivity index (χ1n) is 12.3. The number of aliphatic hydroxyl groups is 1. The minimum Gasteiger partial charge on any atom is -0.811 e. The van der Waals surface area contributed by atoms with E-state index in [2.05, 4.69) is 16.5 Å². The average Bonchev–Trinajstić information content (AvgIpc) is 2.83. The summed E-state index contributed by atoms with van der Waals surface area (Å²) in [5.74, 6) is 0.822. The fourth-order valence-electron chi connectivity index (χ4n) is 4.44. The second-order valence-electron chi connectivity index (χ2n) is 9.08. The van der Waals surface area contributed by atoms with Crippen molar-refractivity contribution in [1.29, 1.82) is 0 Å². The van der Waals surface area contributed by atoms with E-state index in [1.165, 1.54) is 6.92 Å². The van der Waals surface area contributed by atoms with Gasteiger partial charge in [0.05, 0.1) is 35.3 Å². The summed E-state index contributed by atoms with van der Waals surface area (Å²) in [6, 6.07) is 13.9. The van der Waals surface area contributed by atoms with Crippen LogP contribution in [0.5, 0.6) is 5.75 Å². The molecule has 0 bridgehead atoms. The number of esters is 1. The molecule has 1 fully saturated rings. The molecule has 3 atom stereocenters. The standard InChI is InChI=1S/C27H35IN3O5/c1-4-35-23-13-11-21(12-14-23)8-7-9-22(18-25(32)36-27(3,28)34)26(33)31-17-16-30(19-20(31)2)24-10-5-6-15-29-24/h5-6,10-15,22,26,33H,2,4,7-9,16-19H2,1,3H3/q-1/p+1/t22-,26?,27?/m0/s1. The normalized spacial score (nSPS) is 17.3. The zero-order valence-corrected chi connectivity index (χ0v) is 23.1. The molecule has 2 aromatic rings. The van der Waals surface area contributed by atoms with Crippen LogP contribution in [0.2, 0.25) is 0 Å². The summed E-state index contributed by atoms with van der Waals surface area (Å²) in [6.07, 6.45) is 3.11. The predicted octanol–water partition coefficient (Wildman–Crippen LogP) is 2.89. The summed E-state index contributed by atoms with van der Waals surface area (Å²) >= 11 is 1.55. The fourth-order valence-corrected chi connectivity index (χ4v) is 4.69. The van der Waals surface area contributed by atoms with Crippen LogP contribution in [-0.4, -0.2) is 52.2 Å². The molecule has 1 aromatic carbocycles. The number of rotatable bonds is 12. The number of nitrogens with zero attached hydrogens (tertiary/aromatic N) is 2. The van der Waals surface area contributed by atoms with Crippen molar-refractivity contribution in [1.82, 2.24) is 4.90 Å². The number of alkyl halides is 1. The smallest absolute Gasteiger partial charge is 0.306 e. The van der Waals surface area contributed by atoms with E-state index < -0.39 is 21.9 Å². The maximum atomic E-state index is 12.5. The number of pyridine rings is 1. The number of hydrogen-bond donors (Lipinski definition) is 1. The van der Waals surface area contributed by atoms with Gasteiger partial charge in [-0.2, -0.15) is 0 Å². The number of carbonyl (C=O) groups is 1. The lowest BCUT2D eigenvalue weighted by molar-refractivity contribution is -0.485. The lowest BCUT2D eigenvalue weighted by Crippen LogP contribution is -2.52. The van der Waals surface area contributed by atoms with Crippen LogP contribution in [0.25, 0.3) is 0 Å². The van der Waals surface area contributed by atoms with Crippen molar-refractivity contribution in [2.75, 3.05) is 31.1 Å². The van der Waals surface area contributed by atoms with Gasteiger partial charge >= 0.3 is 5.97 Å². The molecule has 8 nitrogen and oxygen atoms in total. The Bertz CT molecular complexity index is 981. The van der Waals surface area contributed by atoms with Gasteiger partial charge in [0.25, 0.3) is 5.82 Å². The van der Waals surface area contributed by atoms with E-state index in [9.17, 15) is 15.0 Å². The van der Waals surface area contributed by atoms with Gasteiger partial charge in [-0.1, -0.05) is 47.4 Å². The first kappa shape index (κ1) is 28.2. The summed E-state index contributed by atoms with van der Waals surface area (Å²) < 4.78 is 8.68. The lowest BCUT2D eigenvalue weighted by atomic mass is 9.93. The van der Waals surface area contributed by atoms with Gasteiger partial charge in [-0.05, 0) is 56.9 Å². The number of hydrogen-bond acceptors (Lipinski definition) is 7. The highest BCUT2D eigenvalue weighted by Crippen LogP contribution is 2.27. The number of aromatic nitrogens is 1. The second-order valence-corrected chi connectivity index (χ2v) is 11.0. The first-order valence-corrected chi connectivity index (χ1v) is 13.4. The Hall–Kier alpha value is -2.37. The number of piperazine rings is 1.